The fraction of sp³-hybridized carbons (Fsp3) is 0.571. The Bertz CT molecular complexity index is 469. The van der Waals surface area contributed by atoms with Gasteiger partial charge in [0.25, 0.3) is 0 Å². The second-order valence-corrected chi connectivity index (χ2v) is 5.40. The topological polar surface area (TPSA) is 62.6 Å². The molecule has 3 rings (SSSR count). The molecule has 1 aromatic rings. The number of fused-ring (bicyclic) bond motifs is 1. The molecule has 2 aliphatic rings. The molecule has 102 valence electrons. The van der Waals surface area contributed by atoms with Gasteiger partial charge in [0.2, 0.25) is 11.7 Å². The Labute approximate surface area is 111 Å². The standard InChI is InChI=1S/C14H18N2O3/c17-12(13-2-1-7-19-13)9-16-6-5-11-10(8-16)3-4-14(18)15-11/h1-2,7,10-11H,3-6,8-9H2,(H,15,18). The van der Waals surface area contributed by atoms with E-state index in [1.165, 1.54) is 6.26 Å². The minimum Gasteiger partial charge on any atom is -0.461 e. The van der Waals surface area contributed by atoms with E-state index in [9.17, 15) is 9.59 Å². The van der Waals surface area contributed by atoms with Crippen LogP contribution in [0.15, 0.2) is 22.8 Å². The fourth-order valence-electron chi connectivity index (χ4n) is 3.05. The Kier molecular flexibility index (Phi) is 3.38. The summed E-state index contributed by atoms with van der Waals surface area (Å²) in [5.74, 6) is 1.11. The second kappa shape index (κ2) is 5.17. The molecular formula is C14H18N2O3. The third-order valence-electron chi connectivity index (χ3n) is 4.07. The third kappa shape index (κ3) is 2.71. The summed E-state index contributed by atoms with van der Waals surface area (Å²) in [7, 11) is 0. The predicted molar refractivity (Wildman–Crippen MR) is 68.8 cm³/mol. The van der Waals surface area contributed by atoms with Gasteiger partial charge in [0.05, 0.1) is 12.8 Å². The number of piperidine rings is 2. The molecule has 0 bridgehead atoms. The van der Waals surface area contributed by atoms with E-state index in [-0.39, 0.29) is 11.7 Å². The van der Waals surface area contributed by atoms with Crippen LogP contribution in [0.1, 0.15) is 29.8 Å². The maximum absolute atomic E-state index is 12.0. The van der Waals surface area contributed by atoms with Crippen molar-refractivity contribution in [1.82, 2.24) is 10.2 Å². The number of nitrogens with zero attached hydrogens (tertiary/aromatic N) is 1. The maximum Gasteiger partial charge on any atom is 0.220 e. The highest BCUT2D eigenvalue weighted by Crippen LogP contribution is 2.25. The molecule has 1 N–H and O–H groups in total. The molecule has 0 radical (unpaired) electrons. The zero-order valence-corrected chi connectivity index (χ0v) is 10.8. The maximum atomic E-state index is 12.0. The van der Waals surface area contributed by atoms with Crippen molar-refractivity contribution in [2.75, 3.05) is 19.6 Å². The number of rotatable bonds is 3. The second-order valence-electron chi connectivity index (χ2n) is 5.40. The first-order valence-corrected chi connectivity index (χ1v) is 6.81. The van der Waals surface area contributed by atoms with Gasteiger partial charge in [-0.25, -0.2) is 0 Å². The molecule has 1 aromatic heterocycles. The molecule has 2 aliphatic heterocycles. The highest BCUT2D eigenvalue weighted by Gasteiger charge is 2.34. The lowest BCUT2D eigenvalue weighted by molar-refractivity contribution is -0.125. The van der Waals surface area contributed by atoms with E-state index in [1.807, 2.05) is 0 Å². The first kappa shape index (κ1) is 12.4. The number of ketones is 1. The molecule has 0 spiro atoms. The highest BCUT2D eigenvalue weighted by molar-refractivity contribution is 5.95. The van der Waals surface area contributed by atoms with Gasteiger partial charge in [0, 0.05) is 25.6 Å². The van der Waals surface area contributed by atoms with Crippen LogP contribution in [0.5, 0.6) is 0 Å². The average Bonchev–Trinajstić information content (AvgIpc) is 2.93. The van der Waals surface area contributed by atoms with E-state index in [1.54, 1.807) is 12.1 Å². The summed E-state index contributed by atoms with van der Waals surface area (Å²) in [4.78, 5) is 25.5. The number of amides is 1. The summed E-state index contributed by atoms with van der Waals surface area (Å²) in [6.45, 7) is 2.15. The lowest BCUT2D eigenvalue weighted by Gasteiger charge is -2.41. The number of likely N-dealkylation sites (tertiary alicyclic amines) is 1. The quantitative estimate of drug-likeness (QED) is 0.827. The Balaban J connectivity index is 1.57. The zero-order chi connectivity index (χ0) is 13.2. The summed E-state index contributed by atoms with van der Waals surface area (Å²) in [5.41, 5.74) is 0. The minimum absolute atomic E-state index is 0.0308. The van der Waals surface area contributed by atoms with Crippen LogP contribution < -0.4 is 5.32 Å². The lowest BCUT2D eigenvalue weighted by atomic mass is 9.85. The zero-order valence-electron chi connectivity index (χ0n) is 10.8. The smallest absolute Gasteiger partial charge is 0.220 e. The van der Waals surface area contributed by atoms with Crippen molar-refractivity contribution >= 4 is 11.7 Å². The first-order chi connectivity index (χ1) is 9.22. The van der Waals surface area contributed by atoms with Crippen LogP contribution in [-0.4, -0.2) is 42.3 Å². The van der Waals surface area contributed by atoms with Gasteiger partial charge < -0.3 is 9.73 Å². The SMILES string of the molecule is O=C1CCC2CN(CC(=O)c3ccco3)CCC2N1. The number of hydrogen-bond acceptors (Lipinski definition) is 4. The van der Waals surface area contributed by atoms with Gasteiger partial charge in [-0.15, -0.1) is 0 Å². The molecule has 2 fully saturated rings. The molecule has 0 saturated carbocycles. The summed E-state index contributed by atoms with van der Waals surface area (Å²) < 4.78 is 5.12. The molecule has 3 heterocycles. The number of carbonyl (C=O) groups excluding carboxylic acids is 2. The van der Waals surface area contributed by atoms with Gasteiger partial charge in [-0.2, -0.15) is 0 Å². The van der Waals surface area contributed by atoms with Crippen LogP contribution in [0.3, 0.4) is 0 Å². The summed E-state index contributed by atoms with van der Waals surface area (Å²) >= 11 is 0. The normalized spacial score (nSPS) is 27.7. The fourth-order valence-corrected chi connectivity index (χ4v) is 3.05. The van der Waals surface area contributed by atoms with E-state index in [4.69, 9.17) is 4.42 Å². The van der Waals surface area contributed by atoms with Crippen LogP contribution in [0.4, 0.5) is 0 Å². The van der Waals surface area contributed by atoms with Crippen molar-refractivity contribution < 1.29 is 14.0 Å². The third-order valence-corrected chi connectivity index (χ3v) is 4.07. The van der Waals surface area contributed by atoms with Crippen molar-refractivity contribution in [3.63, 3.8) is 0 Å². The van der Waals surface area contributed by atoms with E-state index in [0.717, 1.165) is 25.9 Å². The van der Waals surface area contributed by atoms with Crippen molar-refractivity contribution in [3.05, 3.63) is 24.2 Å². The van der Waals surface area contributed by atoms with Crippen LogP contribution in [0.2, 0.25) is 0 Å². The van der Waals surface area contributed by atoms with E-state index < -0.39 is 0 Å². The van der Waals surface area contributed by atoms with E-state index in [2.05, 4.69) is 10.2 Å². The predicted octanol–water partition coefficient (Wildman–Crippen LogP) is 1.06. The lowest BCUT2D eigenvalue weighted by Crippen LogP contribution is -2.54. The van der Waals surface area contributed by atoms with Crippen molar-refractivity contribution in [2.45, 2.75) is 25.3 Å². The molecule has 2 unspecified atom stereocenters. The molecule has 19 heavy (non-hydrogen) atoms. The first-order valence-electron chi connectivity index (χ1n) is 6.81. The molecule has 5 nitrogen and oxygen atoms in total. The van der Waals surface area contributed by atoms with Crippen LogP contribution in [0, 0.1) is 5.92 Å². The molecule has 2 saturated heterocycles. The Morgan fingerprint density at radius 2 is 2.37 bits per heavy atom. The molecule has 0 aliphatic carbocycles. The Hall–Kier alpha value is -1.62. The van der Waals surface area contributed by atoms with E-state index >= 15 is 0 Å². The van der Waals surface area contributed by atoms with Gasteiger partial charge >= 0.3 is 0 Å². The Morgan fingerprint density at radius 1 is 1.47 bits per heavy atom. The van der Waals surface area contributed by atoms with Crippen LogP contribution >= 0.6 is 0 Å². The van der Waals surface area contributed by atoms with Crippen molar-refractivity contribution in [2.24, 2.45) is 5.92 Å². The van der Waals surface area contributed by atoms with E-state index in [0.29, 0.717) is 30.7 Å². The molecular weight excluding hydrogens is 244 g/mol. The average molecular weight is 262 g/mol. The highest BCUT2D eigenvalue weighted by atomic mass is 16.3. The molecule has 1 amide bonds. The number of hydrogen-bond donors (Lipinski definition) is 1. The molecule has 2 atom stereocenters. The van der Waals surface area contributed by atoms with Crippen LogP contribution in [0.25, 0.3) is 0 Å². The Morgan fingerprint density at radius 3 is 3.16 bits per heavy atom. The van der Waals surface area contributed by atoms with Gasteiger partial charge in [0.15, 0.2) is 5.76 Å². The van der Waals surface area contributed by atoms with Crippen LogP contribution in [-0.2, 0) is 4.79 Å². The van der Waals surface area contributed by atoms with Crippen molar-refractivity contribution in [3.8, 4) is 0 Å². The largest absolute Gasteiger partial charge is 0.461 e. The van der Waals surface area contributed by atoms with Gasteiger partial charge in [-0.1, -0.05) is 0 Å². The minimum atomic E-state index is 0.0308. The summed E-state index contributed by atoms with van der Waals surface area (Å²) in [6, 6.07) is 3.74. The van der Waals surface area contributed by atoms with Gasteiger partial charge in [0.1, 0.15) is 0 Å². The number of furan rings is 1. The van der Waals surface area contributed by atoms with Crippen molar-refractivity contribution in [1.29, 1.82) is 0 Å². The summed E-state index contributed by atoms with van der Waals surface area (Å²) in [5, 5.41) is 3.05. The summed E-state index contributed by atoms with van der Waals surface area (Å²) in [6.07, 6.45) is 4.00. The monoisotopic (exact) mass is 262 g/mol. The van der Waals surface area contributed by atoms with Gasteiger partial charge in [-0.3, -0.25) is 14.5 Å². The number of nitrogens with one attached hydrogen (secondary N) is 1. The number of carbonyl (C=O) groups is 2. The number of Topliss-reactive ketones (excluding diaryl/α,β-unsaturated/α-hetero) is 1. The molecule has 5 heteroatoms. The molecule has 0 aromatic carbocycles. The van der Waals surface area contributed by atoms with Gasteiger partial charge in [-0.05, 0) is 30.9 Å².